The van der Waals surface area contributed by atoms with Gasteiger partial charge in [-0.1, -0.05) is 0 Å². The monoisotopic (exact) mass is 267 g/mol. The zero-order valence-electron chi connectivity index (χ0n) is 10.1. The highest BCUT2D eigenvalue weighted by Crippen LogP contribution is 2.31. The first-order chi connectivity index (χ1) is 8.77. The van der Waals surface area contributed by atoms with Crippen molar-refractivity contribution >= 4 is 22.7 Å². The quantitative estimate of drug-likeness (QED) is 0.384. The second-order valence-corrected chi connectivity index (χ2v) is 4.17. The van der Waals surface area contributed by atoms with Crippen molar-refractivity contribution in [2.45, 2.75) is 18.6 Å². The summed E-state index contributed by atoms with van der Waals surface area (Å²) >= 11 is 1.46. The SMILES string of the molecule is CCOOCc1nc(SC)c2cncnc2c1O. The van der Waals surface area contributed by atoms with Crippen LogP contribution in [0.5, 0.6) is 5.75 Å². The molecule has 0 amide bonds. The van der Waals surface area contributed by atoms with Crippen LogP contribution in [0.3, 0.4) is 0 Å². The Balaban J connectivity index is 2.44. The molecule has 18 heavy (non-hydrogen) atoms. The third kappa shape index (κ3) is 2.53. The number of aromatic hydroxyl groups is 1. The third-order valence-electron chi connectivity index (χ3n) is 2.27. The van der Waals surface area contributed by atoms with Gasteiger partial charge in [0, 0.05) is 6.20 Å². The van der Waals surface area contributed by atoms with E-state index in [1.165, 1.54) is 18.1 Å². The predicted octanol–water partition coefficient (Wildman–Crippen LogP) is 1.92. The number of pyridine rings is 1. The highest BCUT2D eigenvalue weighted by molar-refractivity contribution is 7.98. The van der Waals surface area contributed by atoms with E-state index in [1.807, 2.05) is 13.2 Å². The summed E-state index contributed by atoms with van der Waals surface area (Å²) in [5.41, 5.74) is 0.874. The molecule has 0 spiro atoms. The van der Waals surface area contributed by atoms with E-state index in [1.54, 1.807) is 6.20 Å². The number of nitrogens with zero attached hydrogens (tertiary/aromatic N) is 3. The molecule has 2 rings (SSSR count). The summed E-state index contributed by atoms with van der Waals surface area (Å²) in [6, 6.07) is 0. The van der Waals surface area contributed by atoms with Gasteiger partial charge in [-0.25, -0.2) is 24.7 Å². The molecule has 0 radical (unpaired) electrons. The van der Waals surface area contributed by atoms with Crippen molar-refractivity contribution in [3.05, 3.63) is 18.2 Å². The van der Waals surface area contributed by atoms with Crippen LogP contribution in [0.1, 0.15) is 12.6 Å². The average Bonchev–Trinajstić information content (AvgIpc) is 2.42. The van der Waals surface area contributed by atoms with Crippen LogP contribution in [0, 0.1) is 0 Å². The lowest BCUT2D eigenvalue weighted by atomic mass is 10.2. The molecule has 6 nitrogen and oxygen atoms in total. The average molecular weight is 267 g/mol. The summed E-state index contributed by atoms with van der Waals surface area (Å²) in [6.07, 6.45) is 4.92. The van der Waals surface area contributed by atoms with Crippen LogP contribution in [0.15, 0.2) is 17.6 Å². The fraction of sp³-hybridized carbons (Fsp3) is 0.364. The summed E-state index contributed by atoms with van der Waals surface area (Å²) in [5, 5.41) is 11.5. The second-order valence-electron chi connectivity index (χ2n) is 3.37. The van der Waals surface area contributed by atoms with Gasteiger partial charge in [0.2, 0.25) is 0 Å². The van der Waals surface area contributed by atoms with E-state index in [9.17, 15) is 5.11 Å². The van der Waals surface area contributed by atoms with Gasteiger partial charge in [-0.05, 0) is 13.2 Å². The highest BCUT2D eigenvalue weighted by Gasteiger charge is 2.14. The summed E-state index contributed by atoms with van der Waals surface area (Å²) in [7, 11) is 0. The lowest BCUT2D eigenvalue weighted by Crippen LogP contribution is -2.00. The van der Waals surface area contributed by atoms with E-state index in [0.29, 0.717) is 17.8 Å². The number of rotatable bonds is 5. The molecule has 0 aliphatic heterocycles. The number of fused-ring (bicyclic) bond motifs is 1. The first-order valence-electron chi connectivity index (χ1n) is 5.37. The van der Waals surface area contributed by atoms with E-state index < -0.39 is 0 Å². The molecule has 0 atom stereocenters. The molecule has 0 aliphatic carbocycles. The standard InChI is InChI=1S/C11H13N3O3S/c1-3-16-17-5-8-10(15)9-7(4-12-6-13-9)11(14-8)18-2/h4,6,15H,3,5H2,1-2H3. The van der Waals surface area contributed by atoms with E-state index in [2.05, 4.69) is 15.0 Å². The topological polar surface area (TPSA) is 77.4 Å². The van der Waals surface area contributed by atoms with Crippen LogP contribution in [-0.4, -0.2) is 32.9 Å². The Labute approximate surface area is 108 Å². The predicted molar refractivity (Wildman–Crippen MR) is 67.2 cm³/mol. The molecule has 2 heterocycles. The molecule has 0 aliphatic rings. The van der Waals surface area contributed by atoms with Gasteiger partial charge in [0.15, 0.2) is 5.75 Å². The van der Waals surface area contributed by atoms with Crippen molar-refractivity contribution < 1.29 is 14.9 Å². The van der Waals surface area contributed by atoms with Gasteiger partial charge in [0.1, 0.15) is 29.2 Å². The second kappa shape index (κ2) is 5.94. The molecule has 2 aromatic heterocycles. The Morgan fingerprint density at radius 3 is 2.94 bits per heavy atom. The van der Waals surface area contributed by atoms with E-state index in [4.69, 9.17) is 9.78 Å². The van der Waals surface area contributed by atoms with Crippen LogP contribution in [-0.2, 0) is 16.4 Å². The largest absolute Gasteiger partial charge is 0.504 e. The smallest absolute Gasteiger partial charge is 0.166 e. The van der Waals surface area contributed by atoms with Gasteiger partial charge in [-0.2, -0.15) is 0 Å². The molecule has 0 saturated carbocycles. The Morgan fingerprint density at radius 2 is 2.22 bits per heavy atom. The summed E-state index contributed by atoms with van der Waals surface area (Å²) in [5.74, 6) is 0.00454. The summed E-state index contributed by atoms with van der Waals surface area (Å²) < 4.78 is 0. The van der Waals surface area contributed by atoms with Gasteiger partial charge in [-0.3, -0.25) is 0 Å². The zero-order chi connectivity index (χ0) is 13.0. The normalized spacial score (nSPS) is 11.0. The van der Waals surface area contributed by atoms with Gasteiger partial charge in [-0.15, -0.1) is 11.8 Å². The molecule has 96 valence electrons. The Morgan fingerprint density at radius 1 is 1.39 bits per heavy atom. The van der Waals surface area contributed by atoms with Gasteiger partial charge < -0.3 is 5.11 Å². The third-order valence-corrected chi connectivity index (χ3v) is 2.96. The van der Waals surface area contributed by atoms with Gasteiger partial charge in [0.05, 0.1) is 12.0 Å². The fourth-order valence-electron chi connectivity index (χ4n) is 1.48. The minimum Gasteiger partial charge on any atom is -0.504 e. The maximum atomic E-state index is 10.1. The van der Waals surface area contributed by atoms with Crippen molar-refractivity contribution in [3.63, 3.8) is 0 Å². The first kappa shape index (κ1) is 13.0. The molecule has 0 saturated heterocycles. The molecule has 0 fully saturated rings. The molecular formula is C11H13N3O3S. The lowest BCUT2D eigenvalue weighted by Gasteiger charge is -2.09. The van der Waals surface area contributed by atoms with E-state index in [-0.39, 0.29) is 12.4 Å². The van der Waals surface area contributed by atoms with Crippen LogP contribution in [0.25, 0.3) is 10.9 Å². The molecule has 0 bridgehead atoms. The number of hydrogen-bond donors (Lipinski definition) is 1. The van der Waals surface area contributed by atoms with Crippen molar-refractivity contribution in [1.82, 2.24) is 15.0 Å². The summed E-state index contributed by atoms with van der Waals surface area (Å²) in [6.45, 7) is 2.33. The van der Waals surface area contributed by atoms with Crippen molar-refractivity contribution in [2.75, 3.05) is 12.9 Å². The van der Waals surface area contributed by atoms with Gasteiger partial charge in [0.25, 0.3) is 0 Å². The molecule has 7 heteroatoms. The zero-order valence-corrected chi connectivity index (χ0v) is 10.9. The maximum Gasteiger partial charge on any atom is 0.166 e. The van der Waals surface area contributed by atoms with E-state index in [0.717, 1.165) is 10.4 Å². The first-order valence-corrected chi connectivity index (χ1v) is 6.60. The minimum absolute atomic E-state index is 0.00454. The highest BCUT2D eigenvalue weighted by atomic mass is 32.2. The molecule has 2 aromatic rings. The Bertz CT molecular complexity index is 550. The minimum atomic E-state index is 0.00454. The lowest BCUT2D eigenvalue weighted by molar-refractivity contribution is -0.301. The molecule has 1 N–H and O–H groups in total. The Kier molecular flexibility index (Phi) is 4.29. The number of thioether (sulfide) groups is 1. The maximum absolute atomic E-state index is 10.1. The molecular weight excluding hydrogens is 254 g/mol. The number of hydrogen-bond acceptors (Lipinski definition) is 7. The van der Waals surface area contributed by atoms with Crippen LogP contribution >= 0.6 is 11.8 Å². The van der Waals surface area contributed by atoms with Crippen LogP contribution < -0.4 is 0 Å². The fourth-order valence-corrected chi connectivity index (χ4v) is 2.06. The van der Waals surface area contributed by atoms with Crippen molar-refractivity contribution in [2.24, 2.45) is 0 Å². The van der Waals surface area contributed by atoms with Crippen LogP contribution in [0.4, 0.5) is 0 Å². The Hall–Kier alpha value is -1.44. The van der Waals surface area contributed by atoms with Crippen LogP contribution in [0.2, 0.25) is 0 Å². The van der Waals surface area contributed by atoms with Gasteiger partial charge >= 0.3 is 0 Å². The van der Waals surface area contributed by atoms with Crippen molar-refractivity contribution in [3.8, 4) is 5.75 Å². The molecule has 0 unspecified atom stereocenters. The van der Waals surface area contributed by atoms with Crippen molar-refractivity contribution in [1.29, 1.82) is 0 Å². The number of aromatic nitrogens is 3. The molecule has 0 aromatic carbocycles. The van der Waals surface area contributed by atoms with E-state index >= 15 is 0 Å². The summed E-state index contributed by atoms with van der Waals surface area (Å²) in [4.78, 5) is 22.0.